The number of carbonyl (C=O) groups is 2. The van der Waals surface area contributed by atoms with Gasteiger partial charge in [0.25, 0.3) is 5.91 Å². The molecule has 1 atom stereocenters. The Labute approximate surface area is 156 Å². The second-order valence-electron chi connectivity index (χ2n) is 5.62. The molecule has 0 saturated carbocycles. The number of anilines is 1. The zero-order valence-electron chi connectivity index (χ0n) is 14.0. The van der Waals surface area contributed by atoms with E-state index >= 15 is 0 Å². The highest BCUT2D eigenvalue weighted by atomic mass is 32.2. The summed E-state index contributed by atoms with van der Waals surface area (Å²) in [5.74, 6) is -0.786. The molecule has 0 bridgehead atoms. The quantitative estimate of drug-likeness (QED) is 0.644. The molecule has 3 aromatic rings. The molecule has 0 aliphatic rings. The predicted molar refractivity (Wildman–Crippen MR) is 105 cm³/mol. The van der Waals surface area contributed by atoms with Crippen molar-refractivity contribution >= 4 is 29.3 Å². The number of hydrogen-bond donors (Lipinski definition) is 2. The molecule has 26 heavy (non-hydrogen) atoms. The van der Waals surface area contributed by atoms with E-state index in [-0.39, 0.29) is 11.5 Å². The van der Waals surface area contributed by atoms with Crippen molar-refractivity contribution < 1.29 is 9.59 Å². The summed E-state index contributed by atoms with van der Waals surface area (Å²) in [6.45, 7) is 0. The monoisotopic (exact) mass is 362 g/mol. The van der Waals surface area contributed by atoms with Crippen LogP contribution in [0.3, 0.4) is 0 Å². The Bertz CT molecular complexity index is 898. The van der Waals surface area contributed by atoms with Gasteiger partial charge in [-0.2, -0.15) is 0 Å². The molecule has 5 heteroatoms. The maximum absolute atomic E-state index is 13.0. The van der Waals surface area contributed by atoms with E-state index in [0.29, 0.717) is 5.69 Å². The third-order valence-corrected chi connectivity index (χ3v) is 5.05. The smallest absolute Gasteiger partial charge is 0.250 e. The number of nitrogens with two attached hydrogens (primary N) is 1. The van der Waals surface area contributed by atoms with Gasteiger partial charge >= 0.3 is 0 Å². The average Bonchev–Trinajstić information content (AvgIpc) is 2.68. The van der Waals surface area contributed by atoms with Crippen LogP contribution in [0.4, 0.5) is 5.69 Å². The summed E-state index contributed by atoms with van der Waals surface area (Å²) in [4.78, 5) is 25.6. The summed E-state index contributed by atoms with van der Waals surface area (Å²) in [5, 5.41) is 2.39. The number of benzene rings is 3. The topological polar surface area (TPSA) is 72.2 Å². The van der Waals surface area contributed by atoms with Crippen LogP contribution < -0.4 is 11.1 Å². The number of hydrogen-bond acceptors (Lipinski definition) is 3. The molecule has 3 rings (SSSR count). The third kappa shape index (κ3) is 4.32. The number of carbonyl (C=O) groups excluding carboxylic acids is 2. The zero-order valence-corrected chi connectivity index (χ0v) is 14.8. The van der Waals surface area contributed by atoms with Crippen LogP contribution in [0.15, 0.2) is 89.8 Å². The molecule has 0 fully saturated rings. The minimum absolute atomic E-state index is 0.209. The van der Waals surface area contributed by atoms with Crippen molar-refractivity contribution in [2.24, 2.45) is 5.73 Å². The van der Waals surface area contributed by atoms with Crippen LogP contribution in [0.5, 0.6) is 0 Å². The van der Waals surface area contributed by atoms with E-state index in [4.69, 9.17) is 5.73 Å². The van der Waals surface area contributed by atoms with Crippen LogP contribution >= 0.6 is 11.8 Å². The first kappa shape index (κ1) is 17.8. The minimum atomic E-state index is -0.576. The lowest BCUT2D eigenvalue weighted by Crippen LogP contribution is -2.22. The second kappa shape index (κ2) is 8.36. The average molecular weight is 362 g/mol. The fourth-order valence-corrected chi connectivity index (χ4v) is 3.59. The molecule has 0 spiro atoms. The Kier molecular flexibility index (Phi) is 5.71. The van der Waals surface area contributed by atoms with Crippen LogP contribution in [0.25, 0.3) is 0 Å². The molecule has 130 valence electrons. The number of amides is 2. The largest absolute Gasteiger partial charge is 0.366 e. The van der Waals surface area contributed by atoms with Crippen molar-refractivity contribution in [3.63, 3.8) is 0 Å². The van der Waals surface area contributed by atoms with E-state index < -0.39 is 11.2 Å². The van der Waals surface area contributed by atoms with E-state index in [2.05, 4.69) is 5.32 Å². The Morgan fingerprint density at radius 3 is 2.04 bits per heavy atom. The first-order chi connectivity index (χ1) is 12.6. The molecule has 0 saturated heterocycles. The number of primary amides is 1. The summed E-state index contributed by atoms with van der Waals surface area (Å²) < 4.78 is 0. The third-order valence-electron chi connectivity index (χ3n) is 3.79. The van der Waals surface area contributed by atoms with E-state index in [1.54, 1.807) is 24.3 Å². The highest BCUT2D eigenvalue weighted by Crippen LogP contribution is 2.36. The number of thioether (sulfide) groups is 1. The van der Waals surface area contributed by atoms with Gasteiger partial charge in [0, 0.05) is 4.90 Å². The van der Waals surface area contributed by atoms with Crippen LogP contribution in [0, 0.1) is 0 Å². The van der Waals surface area contributed by atoms with Crippen LogP contribution in [-0.2, 0) is 4.79 Å². The minimum Gasteiger partial charge on any atom is -0.366 e. The fourth-order valence-electron chi connectivity index (χ4n) is 2.54. The SMILES string of the molecule is NC(=O)c1ccccc1NC(=O)[C@H](Sc1ccccc1)c1ccccc1. The second-order valence-corrected chi connectivity index (χ2v) is 6.80. The van der Waals surface area contributed by atoms with Gasteiger partial charge in [-0.05, 0) is 29.8 Å². The van der Waals surface area contributed by atoms with Crippen molar-refractivity contribution in [2.75, 3.05) is 5.32 Å². The number of rotatable bonds is 6. The van der Waals surface area contributed by atoms with Crippen LogP contribution in [0.2, 0.25) is 0 Å². The summed E-state index contributed by atoms with van der Waals surface area (Å²) in [5.41, 5.74) is 7.00. The molecule has 2 amide bonds. The van der Waals surface area contributed by atoms with Crippen molar-refractivity contribution in [2.45, 2.75) is 10.1 Å². The lowest BCUT2D eigenvalue weighted by Gasteiger charge is -2.18. The van der Waals surface area contributed by atoms with Crippen molar-refractivity contribution in [1.82, 2.24) is 0 Å². The van der Waals surface area contributed by atoms with Gasteiger partial charge in [0.1, 0.15) is 5.25 Å². The van der Waals surface area contributed by atoms with Gasteiger partial charge in [0.15, 0.2) is 0 Å². The zero-order chi connectivity index (χ0) is 18.4. The molecule has 0 heterocycles. The number of nitrogens with one attached hydrogen (secondary N) is 1. The molecule has 0 unspecified atom stereocenters. The Morgan fingerprint density at radius 2 is 1.38 bits per heavy atom. The fraction of sp³-hybridized carbons (Fsp3) is 0.0476. The summed E-state index contributed by atoms with van der Waals surface area (Å²) >= 11 is 1.46. The van der Waals surface area contributed by atoms with Gasteiger partial charge in [-0.3, -0.25) is 9.59 Å². The normalized spacial score (nSPS) is 11.5. The summed E-state index contributed by atoms with van der Waals surface area (Å²) in [6, 6.07) is 26.0. The molecule has 4 nitrogen and oxygen atoms in total. The van der Waals surface area contributed by atoms with E-state index in [1.807, 2.05) is 60.7 Å². The molecular formula is C21H18N2O2S. The Hall–Kier alpha value is -3.05. The highest BCUT2D eigenvalue weighted by molar-refractivity contribution is 8.00. The van der Waals surface area contributed by atoms with Crippen LogP contribution in [0.1, 0.15) is 21.2 Å². The highest BCUT2D eigenvalue weighted by Gasteiger charge is 2.23. The Balaban J connectivity index is 1.89. The predicted octanol–water partition coefficient (Wildman–Crippen LogP) is 4.26. The first-order valence-corrected chi connectivity index (χ1v) is 8.99. The maximum atomic E-state index is 13.0. The maximum Gasteiger partial charge on any atom is 0.250 e. The van der Waals surface area contributed by atoms with E-state index in [1.165, 1.54) is 11.8 Å². The van der Waals surface area contributed by atoms with Crippen molar-refractivity contribution in [1.29, 1.82) is 0 Å². The molecule has 0 radical (unpaired) electrons. The van der Waals surface area contributed by atoms with Gasteiger partial charge in [-0.25, -0.2) is 0 Å². The first-order valence-electron chi connectivity index (χ1n) is 8.11. The summed E-state index contributed by atoms with van der Waals surface area (Å²) in [6.07, 6.45) is 0. The van der Waals surface area contributed by atoms with Gasteiger partial charge in [0.05, 0.1) is 11.3 Å². The van der Waals surface area contributed by atoms with Gasteiger partial charge < -0.3 is 11.1 Å². The van der Waals surface area contributed by atoms with Gasteiger partial charge in [-0.1, -0.05) is 60.7 Å². The van der Waals surface area contributed by atoms with Crippen molar-refractivity contribution in [3.8, 4) is 0 Å². The molecule has 0 aromatic heterocycles. The van der Waals surface area contributed by atoms with Crippen LogP contribution in [-0.4, -0.2) is 11.8 Å². The van der Waals surface area contributed by atoms with Gasteiger partial charge in [0.2, 0.25) is 5.91 Å². The Morgan fingerprint density at radius 1 is 0.808 bits per heavy atom. The molecule has 3 N–H and O–H groups in total. The molecular weight excluding hydrogens is 344 g/mol. The van der Waals surface area contributed by atoms with Gasteiger partial charge in [-0.15, -0.1) is 11.8 Å². The number of para-hydroxylation sites is 1. The van der Waals surface area contributed by atoms with E-state index in [9.17, 15) is 9.59 Å². The molecule has 3 aromatic carbocycles. The lowest BCUT2D eigenvalue weighted by atomic mass is 10.1. The lowest BCUT2D eigenvalue weighted by molar-refractivity contribution is -0.115. The van der Waals surface area contributed by atoms with Crippen molar-refractivity contribution in [3.05, 3.63) is 96.1 Å². The molecule has 0 aliphatic carbocycles. The molecule has 0 aliphatic heterocycles. The summed E-state index contributed by atoms with van der Waals surface area (Å²) in [7, 11) is 0. The van der Waals surface area contributed by atoms with E-state index in [0.717, 1.165) is 10.5 Å². The standard InChI is InChI=1S/C21H18N2O2S/c22-20(24)17-13-7-8-14-18(17)23-21(25)19(15-9-3-1-4-10-15)26-16-11-5-2-6-12-16/h1-14,19H,(H2,22,24)(H,23,25)/t19-/m1/s1.